The van der Waals surface area contributed by atoms with Crippen LogP contribution < -0.4 is 0 Å². The van der Waals surface area contributed by atoms with Crippen LogP contribution in [0.25, 0.3) is 0 Å². The van der Waals surface area contributed by atoms with Gasteiger partial charge in [0.25, 0.3) is 0 Å². The fraction of sp³-hybridized carbons (Fsp3) is 0.0909. The molecule has 0 bridgehead atoms. The summed E-state index contributed by atoms with van der Waals surface area (Å²) in [4.78, 5) is 20.9. The van der Waals surface area contributed by atoms with Crippen LogP contribution >= 0.6 is 0 Å². The SMILES string of the molecule is O=C(O)CC#Cc1ccc(F)cc1C(=O)O. The second kappa shape index (κ2) is 4.94. The van der Waals surface area contributed by atoms with Gasteiger partial charge in [-0.05, 0) is 18.2 Å². The molecule has 0 aliphatic heterocycles. The Morgan fingerprint density at radius 1 is 1.31 bits per heavy atom. The third kappa shape index (κ3) is 3.10. The number of carboxylic acid groups (broad SMARTS) is 2. The minimum atomic E-state index is -1.31. The van der Waals surface area contributed by atoms with Gasteiger partial charge in [0, 0.05) is 5.56 Å². The highest BCUT2D eigenvalue weighted by Crippen LogP contribution is 2.10. The van der Waals surface area contributed by atoms with Crippen LogP contribution in [0.15, 0.2) is 18.2 Å². The van der Waals surface area contributed by atoms with Crippen molar-refractivity contribution in [3.63, 3.8) is 0 Å². The predicted octanol–water partition coefficient (Wildman–Crippen LogP) is 1.35. The van der Waals surface area contributed by atoms with Crippen molar-refractivity contribution in [1.29, 1.82) is 0 Å². The summed E-state index contributed by atoms with van der Waals surface area (Å²) >= 11 is 0. The van der Waals surface area contributed by atoms with E-state index in [-0.39, 0.29) is 11.1 Å². The summed E-state index contributed by atoms with van der Waals surface area (Å²) in [6.45, 7) is 0. The Bertz CT molecular complexity index is 496. The molecule has 0 fully saturated rings. The van der Waals surface area contributed by atoms with Gasteiger partial charge in [0.15, 0.2) is 0 Å². The van der Waals surface area contributed by atoms with E-state index in [1.165, 1.54) is 6.07 Å². The molecule has 82 valence electrons. The highest BCUT2D eigenvalue weighted by Gasteiger charge is 2.09. The van der Waals surface area contributed by atoms with Crippen molar-refractivity contribution in [3.05, 3.63) is 35.1 Å². The lowest BCUT2D eigenvalue weighted by molar-refractivity contribution is -0.135. The number of rotatable bonds is 2. The number of carbonyl (C=O) groups is 2. The Kier molecular flexibility index (Phi) is 3.62. The molecule has 1 aromatic rings. The molecular formula is C11H7FO4. The fourth-order valence-electron chi connectivity index (χ4n) is 1.02. The van der Waals surface area contributed by atoms with Gasteiger partial charge in [-0.2, -0.15) is 0 Å². The fourth-order valence-corrected chi connectivity index (χ4v) is 1.02. The van der Waals surface area contributed by atoms with Crippen LogP contribution in [0.1, 0.15) is 22.3 Å². The van der Waals surface area contributed by atoms with E-state index in [0.29, 0.717) is 0 Å². The van der Waals surface area contributed by atoms with Crippen LogP contribution in [-0.4, -0.2) is 22.2 Å². The van der Waals surface area contributed by atoms with Crippen molar-refractivity contribution in [3.8, 4) is 11.8 Å². The molecule has 1 aromatic carbocycles. The first-order chi connectivity index (χ1) is 7.50. The number of hydrogen-bond acceptors (Lipinski definition) is 2. The Morgan fingerprint density at radius 2 is 2.00 bits per heavy atom. The molecule has 16 heavy (non-hydrogen) atoms. The molecule has 0 aromatic heterocycles. The zero-order valence-electron chi connectivity index (χ0n) is 8.03. The molecule has 2 N–H and O–H groups in total. The van der Waals surface area contributed by atoms with Gasteiger partial charge in [0.05, 0.1) is 5.56 Å². The Balaban J connectivity index is 3.07. The van der Waals surface area contributed by atoms with Crippen LogP contribution in [0.4, 0.5) is 4.39 Å². The van der Waals surface area contributed by atoms with E-state index in [4.69, 9.17) is 10.2 Å². The minimum Gasteiger partial charge on any atom is -0.481 e. The summed E-state index contributed by atoms with van der Waals surface area (Å²) in [5, 5.41) is 17.1. The molecule has 0 heterocycles. The maximum Gasteiger partial charge on any atom is 0.337 e. The smallest absolute Gasteiger partial charge is 0.337 e. The third-order valence-corrected chi connectivity index (χ3v) is 1.67. The first-order valence-electron chi connectivity index (χ1n) is 4.24. The second-order valence-electron chi connectivity index (χ2n) is 2.87. The third-order valence-electron chi connectivity index (χ3n) is 1.67. The van der Waals surface area contributed by atoms with E-state index < -0.39 is 24.2 Å². The number of carboxylic acids is 2. The molecule has 0 atom stereocenters. The zero-order valence-corrected chi connectivity index (χ0v) is 8.03. The van der Waals surface area contributed by atoms with Crippen molar-refractivity contribution < 1.29 is 24.2 Å². The van der Waals surface area contributed by atoms with Crippen LogP contribution in [0.2, 0.25) is 0 Å². The van der Waals surface area contributed by atoms with E-state index >= 15 is 0 Å². The van der Waals surface area contributed by atoms with Crippen LogP contribution in [0, 0.1) is 17.7 Å². The van der Waals surface area contributed by atoms with E-state index in [1.54, 1.807) is 0 Å². The number of halogens is 1. The largest absolute Gasteiger partial charge is 0.481 e. The highest BCUT2D eigenvalue weighted by molar-refractivity contribution is 5.90. The van der Waals surface area contributed by atoms with E-state index in [0.717, 1.165) is 12.1 Å². The lowest BCUT2D eigenvalue weighted by atomic mass is 10.1. The van der Waals surface area contributed by atoms with Crippen molar-refractivity contribution >= 4 is 11.9 Å². The maximum atomic E-state index is 12.8. The lowest BCUT2D eigenvalue weighted by Gasteiger charge is -1.98. The first-order valence-corrected chi connectivity index (χ1v) is 4.24. The second-order valence-corrected chi connectivity index (χ2v) is 2.87. The molecular weight excluding hydrogens is 215 g/mol. The van der Waals surface area contributed by atoms with Crippen molar-refractivity contribution in [2.24, 2.45) is 0 Å². The topological polar surface area (TPSA) is 74.6 Å². The Labute approximate surface area is 90.3 Å². The predicted molar refractivity (Wildman–Crippen MR) is 52.5 cm³/mol. The molecule has 0 aliphatic carbocycles. The van der Waals surface area contributed by atoms with Crippen LogP contribution in [0.3, 0.4) is 0 Å². The van der Waals surface area contributed by atoms with Gasteiger partial charge in [0.1, 0.15) is 12.2 Å². The van der Waals surface area contributed by atoms with Gasteiger partial charge in [-0.3, -0.25) is 4.79 Å². The molecule has 0 unspecified atom stereocenters. The maximum absolute atomic E-state index is 12.8. The van der Waals surface area contributed by atoms with E-state index in [9.17, 15) is 14.0 Å². The van der Waals surface area contributed by atoms with Gasteiger partial charge in [-0.15, -0.1) is 0 Å². The quantitative estimate of drug-likeness (QED) is 0.740. The van der Waals surface area contributed by atoms with Crippen molar-refractivity contribution in [1.82, 2.24) is 0 Å². The first kappa shape index (κ1) is 11.7. The van der Waals surface area contributed by atoms with Crippen molar-refractivity contribution in [2.75, 3.05) is 0 Å². The summed E-state index contributed by atoms with van der Waals surface area (Å²) in [7, 11) is 0. The molecule has 0 amide bonds. The molecule has 0 spiro atoms. The lowest BCUT2D eigenvalue weighted by Crippen LogP contribution is -2.01. The number of aromatic carboxylic acids is 1. The van der Waals surface area contributed by atoms with Gasteiger partial charge in [-0.1, -0.05) is 11.8 Å². The molecule has 0 radical (unpaired) electrons. The summed E-state index contributed by atoms with van der Waals surface area (Å²) in [5.74, 6) is 1.56. The standard InChI is InChI=1S/C11H7FO4/c12-8-5-4-7(2-1-3-10(13)14)9(6-8)11(15)16/h4-6H,3H2,(H,13,14)(H,15,16). The zero-order chi connectivity index (χ0) is 12.1. The molecule has 4 nitrogen and oxygen atoms in total. The van der Waals surface area contributed by atoms with Crippen LogP contribution in [0.5, 0.6) is 0 Å². The molecule has 0 saturated carbocycles. The Hall–Kier alpha value is -2.35. The number of hydrogen-bond donors (Lipinski definition) is 2. The van der Waals surface area contributed by atoms with Crippen LogP contribution in [-0.2, 0) is 4.79 Å². The number of aliphatic carboxylic acids is 1. The minimum absolute atomic E-state index is 0.0927. The van der Waals surface area contributed by atoms with E-state index in [1.807, 2.05) is 0 Å². The Morgan fingerprint density at radius 3 is 2.56 bits per heavy atom. The van der Waals surface area contributed by atoms with Gasteiger partial charge < -0.3 is 10.2 Å². The van der Waals surface area contributed by atoms with Gasteiger partial charge in [0.2, 0.25) is 0 Å². The average molecular weight is 222 g/mol. The summed E-state index contributed by atoms with van der Waals surface area (Å²) in [6, 6.07) is 3.11. The van der Waals surface area contributed by atoms with Crippen molar-refractivity contribution in [2.45, 2.75) is 6.42 Å². The summed E-state index contributed by atoms with van der Waals surface area (Å²) < 4.78 is 12.8. The molecule has 5 heteroatoms. The number of benzene rings is 1. The average Bonchev–Trinajstić information content (AvgIpc) is 2.19. The van der Waals surface area contributed by atoms with Gasteiger partial charge >= 0.3 is 11.9 Å². The monoisotopic (exact) mass is 222 g/mol. The summed E-state index contributed by atoms with van der Waals surface area (Å²) in [5.41, 5.74) is -0.187. The normalized spacial score (nSPS) is 9.06. The summed E-state index contributed by atoms with van der Waals surface area (Å²) in [6.07, 6.45) is -0.392. The van der Waals surface area contributed by atoms with E-state index in [2.05, 4.69) is 11.8 Å². The molecule has 0 saturated heterocycles. The van der Waals surface area contributed by atoms with Gasteiger partial charge in [-0.25, -0.2) is 9.18 Å². The molecule has 0 aliphatic rings. The molecule has 1 rings (SSSR count). The highest BCUT2D eigenvalue weighted by atomic mass is 19.1.